The minimum Gasteiger partial charge on any atom is -0.388 e. The van der Waals surface area contributed by atoms with E-state index in [4.69, 9.17) is 0 Å². The van der Waals surface area contributed by atoms with Crippen molar-refractivity contribution < 1.29 is 5.11 Å². The zero-order chi connectivity index (χ0) is 13.5. The van der Waals surface area contributed by atoms with Crippen molar-refractivity contribution in [1.29, 1.82) is 0 Å². The highest BCUT2D eigenvalue weighted by Gasteiger charge is 2.30. The van der Waals surface area contributed by atoms with E-state index in [1.807, 2.05) is 17.8 Å². The first-order valence-electron chi connectivity index (χ1n) is 6.70. The van der Waals surface area contributed by atoms with Crippen molar-refractivity contribution in [3.63, 3.8) is 0 Å². The van der Waals surface area contributed by atoms with Gasteiger partial charge in [-0.3, -0.25) is 0 Å². The molecule has 1 nitrogen and oxygen atoms in total. The molecule has 2 heterocycles. The first kappa shape index (κ1) is 12.5. The van der Waals surface area contributed by atoms with E-state index in [1.165, 1.54) is 20.5 Å². The molecular weight excluding hydrogens is 284 g/mol. The van der Waals surface area contributed by atoms with Gasteiger partial charge in [0.25, 0.3) is 0 Å². The van der Waals surface area contributed by atoms with Crippen molar-refractivity contribution >= 4 is 33.2 Å². The Bertz CT molecular complexity index is 762. The molecule has 20 heavy (non-hydrogen) atoms. The summed E-state index contributed by atoms with van der Waals surface area (Å²) < 4.78 is 1.22. The minimum atomic E-state index is -0.423. The summed E-state index contributed by atoms with van der Waals surface area (Å²) in [5.41, 5.74) is 2.36. The topological polar surface area (TPSA) is 20.2 Å². The SMILES string of the molecule is OC(c1cccc2ccsc12)C1CSc2ccccc21. The molecule has 100 valence electrons. The molecular formula is C17H14OS2. The molecule has 0 aliphatic carbocycles. The van der Waals surface area contributed by atoms with Crippen LogP contribution >= 0.6 is 23.1 Å². The fraction of sp³-hybridized carbons (Fsp3) is 0.176. The maximum atomic E-state index is 10.9. The molecule has 0 radical (unpaired) electrons. The van der Waals surface area contributed by atoms with Crippen LogP contribution in [0.3, 0.4) is 0 Å². The molecule has 2 atom stereocenters. The average Bonchev–Trinajstić information content (AvgIpc) is 3.12. The summed E-state index contributed by atoms with van der Waals surface area (Å²) in [6.07, 6.45) is -0.423. The summed E-state index contributed by atoms with van der Waals surface area (Å²) in [6.45, 7) is 0. The molecule has 2 unspecified atom stereocenters. The first-order valence-corrected chi connectivity index (χ1v) is 8.57. The Balaban J connectivity index is 1.78. The van der Waals surface area contributed by atoms with E-state index >= 15 is 0 Å². The molecule has 0 amide bonds. The molecule has 1 aromatic heterocycles. The van der Waals surface area contributed by atoms with Gasteiger partial charge in [-0.15, -0.1) is 23.1 Å². The van der Waals surface area contributed by atoms with Crippen molar-refractivity contribution in [3.05, 3.63) is 65.0 Å². The average molecular weight is 298 g/mol. The van der Waals surface area contributed by atoms with Crippen LogP contribution in [0.15, 0.2) is 58.8 Å². The van der Waals surface area contributed by atoms with Crippen molar-refractivity contribution in [2.45, 2.75) is 16.9 Å². The predicted octanol–water partition coefficient (Wildman–Crippen LogP) is 4.82. The van der Waals surface area contributed by atoms with Crippen LogP contribution in [0.2, 0.25) is 0 Å². The molecule has 3 aromatic rings. The third-order valence-corrected chi connectivity index (χ3v) is 6.13. The van der Waals surface area contributed by atoms with Gasteiger partial charge in [0.05, 0.1) is 6.10 Å². The predicted molar refractivity (Wildman–Crippen MR) is 86.7 cm³/mol. The van der Waals surface area contributed by atoms with E-state index < -0.39 is 6.10 Å². The number of aliphatic hydroxyl groups is 1. The highest BCUT2D eigenvalue weighted by Crippen LogP contribution is 2.46. The second-order valence-electron chi connectivity index (χ2n) is 5.09. The largest absolute Gasteiger partial charge is 0.388 e. The van der Waals surface area contributed by atoms with Crippen molar-refractivity contribution in [3.8, 4) is 0 Å². The molecule has 1 aliphatic rings. The summed E-state index contributed by atoms with van der Waals surface area (Å²) in [5.74, 6) is 1.16. The number of rotatable bonds is 2. The van der Waals surface area contributed by atoms with Gasteiger partial charge in [0.2, 0.25) is 0 Å². The van der Waals surface area contributed by atoms with Crippen LogP contribution in [-0.2, 0) is 0 Å². The first-order chi connectivity index (χ1) is 9.84. The fourth-order valence-electron chi connectivity index (χ4n) is 2.91. The molecule has 0 saturated carbocycles. The Morgan fingerprint density at radius 3 is 2.90 bits per heavy atom. The van der Waals surface area contributed by atoms with Gasteiger partial charge in [-0.1, -0.05) is 36.4 Å². The third-order valence-electron chi connectivity index (χ3n) is 3.95. The summed E-state index contributed by atoms with van der Waals surface area (Å²) >= 11 is 3.57. The number of fused-ring (bicyclic) bond motifs is 2. The maximum absolute atomic E-state index is 10.9. The molecule has 0 saturated heterocycles. The zero-order valence-corrected chi connectivity index (χ0v) is 12.5. The van der Waals surface area contributed by atoms with Crippen LogP contribution in [0.5, 0.6) is 0 Å². The molecule has 0 bridgehead atoms. The lowest BCUT2D eigenvalue weighted by atomic mass is 9.90. The summed E-state index contributed by atoms with van der Waals surface area (Å²) in [7, 11) is 0. The molecule has 3 heteroatoms. The number of aliphatic hydroxyl groups excluding tert-OH is 1. The van der Waals surface area contributed by atoms with E-state index in [2.05, 4.69) is 47.8 Å². The van der Waals surface area contributed by atoms with E-state index in [-0.39, 0.29) is 5.92 Å². The number of benzene rings is 2. The molecule has 0 fully saturated rings. The van der Waals surface area contributed by atoms with E-state index in [1.54, 1.807) is 11.3 Å². The Labute approximate surface area is 126 Å². The van der Waals surface area contributed by atoms with Crippen LogP contribution < -0.4 is 0 Å². The van der Waals surface area contributed by atoms with Gasteiger partial charge in [0.15, 0.2) is 0 Å². The minimum absolute atomic E-state index is 0.198. The van der Waals surface area contributed by atoms with Crippen molar-refractivity contribution in [2.24, 2.45) is 0 Å². The number of thioether (sulfide) groups is 1. The lowest BCUT2D eigenvalue weighted by Crippen LogP contribution is -2.10. The molecule has 4 rings (SSSR count). The Morgan fingerprint density at radius 1 is 1.05 bits per heavy atom. The molecule has 1 aliphatic heterocycles. The quantitative estimate of drug-likeness (QED) is 0.731. The summed E-state index contributed by atoms with van der Waals surface area (Å²) in [6, 6.07) is 16.8. The Hall–Kier alpha value is -1.29. The van der Waals surface area contributed by atoms with Gasteiger partial charge in [-0.05, 0) is 34.0 Å². The van der Waals surface area contributed by atoms with Crippen LogP contribution in [0.1, 0.15) is 23.1 Å². The summed E-state index contributed by atoms with van der Waals surface area (Å²) in [5, 5.41) is 14.2. The van der Waals surface area contributed by atoms with Gasteiger partial charge in [0, 0.05) is 21.3 Å². The summed E-state index contributed by atoms with van der Waals surface area (Å²) in [4.78, 5) is 1.31. The van der Waals surface area contributed by atoms with E-state index in [9.17, 15) is 5.11 Å². The van der Waals surface area contributed by atoms with Crippen molar-refractivity contribution in [2.75, 3.05) is 5.75 Å². The number of thiophene rings is 1. The van der Waals surface area contributed by atoms with Gasteiger partial charge >= 0.3 is 0 Å². The lowest BCUT2D eigenvalue weighted by Gasteiger charge is -2.19. The van der Waals surface area contributed by atoms with Gasteiger partial charge in [-0.2, -0.15) is 0 Å². The highest BCUT2D eigenvalue weighted by atomic mass is 32.2. The van der Waals surface area contributed by atoms with Gasteiger partial charge < -0.3 is 5.11 Å². The molecule has 0 spiro atoms. The second kappa shape index (κ2) is 4.92. The number of hydrogen-bond acceptors (Lipinski definition) is 3. The third kappa shape index (κ3) is 1.89. The lowest BCUT2D eigenvalue weighted by molar-refractivity contribution is 0.155. The molecule has 1 N–H and O–H groups in total. The number of hydrogen-bond donors (Lipinski definition) is 1. The molecule has 2 aromatic carbocycles. The monoisotopic (exact) mass is 298 g/mol. The van der Waals surface area contributed by atoms with E-state index in [0.717, 1.165) is 11.3 Å². The Morgan fingerprint density at radius 2 is 1.95 bits per heavy atom. The zero-order valence-electron chi connectivity index (χ0n) is 10.8. The van der Waals surface area contributed by atoms with Crippen molar-refractivity contribution in [1.82, 2.24) is 0 Å². The highest BCUT2D eigenvalue weighted by molar-refractivity contribution is 7.99. The smallest absolute Gasteiger partial charge is 0.0880 e. The van der Waals surface area contributed by atoms with E-state index in [0.29, 0.717) is 0 Å². The van der Waals surface area contributed by atoms with Crippen LogP contribution in [-0.4, -0.2) is 10.9 Å². The Kier molecular flexibility index (Phi) is 3.06. The van der Waals surface area contributed by atoms with Crippen LogP contribution in [0.25, 0.3) is 10.1 Å². The van der Waals surface area contributed by atoms with Gasteiger partial charge in [-0.25, -0.2) is 0 Å². The van der Waals surface area contributed by atoms with Gasteiger partial charge in [0.1, 0.15) is 0 Å². The standard InChI is InChI=1S/C17H14OS2/c18-16(13-6-3-4-11-8-9-19-17(11)13)14-10-20-15-7-2-1-5-12(14)15/h1-9,14,16,18H,10H2. The normalized spacial score (nSPS) is 19.1. The van der Waals surface area contributed by atoms with Crippen LogP contribution in [0, 0.1) is 0 Å². The fourth-order valence-corrected chi connectivity index (χ4v) is 5.14. The maximum Gasteiger partial charge on any atom is 0.0880 e. The second-order valence-corrected chi connectivity index (χ2v) is 7.06. The van der Waals surface area contributed by atoms with Crippen LogP contribution in [0.4, 0.5) is 0 Å².